The number of nitrogens with zero attached hydrogens (tertiary/aromatic N) is 5. The van der Waals surface area contributed by atoms with Crippen molar-refractivity contribution in [1.29, 1.82) is 0 Å². The standard InChI is InChI=1S/C20H22F2N6O5/c1-20(21,22)11-31-16-3-2-13(8-24-16)32-15-4-5-28(17(15)29)12-6-25-19(26-7-12)27-9-14(10-27)33-18(23)30/h2-3,6-8,14-15H,4-5,9-11H2,1H3,(H2,23,30)/t15-/m1/s1. The van der Waals surface area contributed by atoms with Crippen LogP contribution in [0.2, 0.25) is 0 Å². The number of hydrogen-bond donors (Lipinski definition) is 1. The van der Waals surface area contributed by atoms with E-state index in [1.807, 2.05) is 4.90 Å². The molecule has 0 aliphatic carbocycles. The number of primary amides is 1. The van der Waals surface area contributed by atoms with Gasteiger partial charge in [0.05, 0.1) is 37.4 Å². The van der Waals surface area contributed by atoms with Crippen molar-refractivity contribution in [2.45, 2.75) is 31.5 Å². The van der Waals surface area contributed by atoms with Crippen LogP contribution in [-0.2, 0) is 9.53 Å². The Morgan fingerprint density at radius 2 is 1.94 bits per heavy atom. The van der Waals surface area contributed by atoms with Gasteiger partial charge >= 0.3 is 6.09 Å². The third kappa shape index (κ3) is 5.54. The van der Waals surface area contributed by atoms with Gasteiger partial charge < -0.3 is 29.7 Å². The summed E-state index contributed by atoms with van der Waals surface area (Å²) in [5.74, 6) is -2.40. The fraction of sp³-hybridized carbons (Fsp3) is 0.450. The van der Waals surface area contributed by atoms with Crippen LogP contribution in [0.25, 0.3) is 0 Å². The first kappa shape index (κ1) is 22.4. The van der Waals surface area contributed by atoms with Crippen LogP contribution in [0.4, 0.5) is 25.2 Å². The molecule has 2 N–H and O–H groups in total. The van der Waals surface area contributed by atoms with E-state index in [4.69, 9.17) is 19.9 Å². The highest BCUT2D eigenvalue weighted by Crippen LogP contribution is 2.26. The van der Waals surface area contributed by atoms with E-state index in [1.54, 1.807) is 12.4 Å². The van der Waals surface area contributed by atoms with Gasteiger partial charge in [0.2, 0.25) is 11.8 Å². The summed E-state index contributed by atoms with van der Waals surface area (Å²) in [6.45, 7) is 1.28. The number of nitrogens with two attached hydrogens (primary N) is 1. The van der Waals surface area contributed by atoms with Crippen molar-refractivity contribution in [3.05, 3.63) is 30.7 Å². The molecule has 1 atom stereocenters. The van der Waals surface area contributed by atoms with Gasteiger partial charge in [-0.3, -0.25) is 4.79 Å². The van der Waals surface area contributed by atoms with Crippen LogP contribution in [0, 0.1) is 0 Å². The molecule has 0 unspecified atom stereocenters. The first-order valence-corrected chi connectivity index (χ1v) is 10.2. The van der Waals surface area contributed by atoms with E-state index >= 15 is 0 Å². The summed E-state index contributed by atoms with van der Waals surface area (Å²) >= 11 is 0. The van der Waals surface area contributed by atoms with Gasteiger partial charge in [-0.2, -0.15) is 0 Å². The number of carbonyl (C=O) groups is 2. The molecule has 2 fully saturated rings. The van der Waals surface area contributed by atoms with E-state index in [9.17, 15) is 18.4 Å². The number of carbonyl (C=O) groups excluding carboxylic acids is 2. The molecule has 0 bridgehead atoms. The van der Waals surface area contributed by atoms with E-state index in [2.05, 4.69) is 15.0 Å². The number of rotatable bonds is 8. The SMILES string of the molecule is CC(F)(F)COc1ccc(O[C@@H]2CCN(c3cnc(N4CC(OC(N)=O)C4)nc3)C2=O)cn1. The van der Waals surface area contributed by atoms with Gasteiger partial charge in [-0.25, -0.2) is 28.5 Å². The second-order valence-electron chi connectivity index (χ2n) is 7.78. The Bertz CT molecular complexity index is 996. The third-order valence-electron chi connectivity index (χ3n) is 4.97. The Hall–Kier alpha value is -3.77. The zero-order valence-corrected chi connectivity index (χ0v) is 17.7. The predicted octanol–water partition coefficient (Wildman–Crippen LogP) is 1.37. The summed E-state index contributed by atoms with van der Waals surface area (Å²) in [6, 6.07) is 2.91. The van der Waals surface area contributed by atoms with Crippen LogP contribution in [0.15, 0.2) is 30.7 Å². The number of hydrogen-bond acceptors (Lipinski definition) is 9. The van der Waals surface area contributed by atoms with E-state index in [1.165, 1.54) is 23.2 Å². The normalized spacial score (nSPS) is 18.8. The van der Waals surface area contributed by atoms with Crippen LogP contribution < -0.4 is 25.0 Å². The van der Waals surface area contributed by atoms with Crippen molar-refractivity contribution < 1.29 is 32.6 Å². The number of aromatic nitrogens is 3. The van der Waals surface area contributed by atoms with Crippen LogP contribution in [-0.4, -0.2) is 71.3 Å². The molecule has 4 rings (SSSR count). The van der Waals surface area contributed by atoms with E-state index in [-0.39, 0.29) is 17.9 Å². The number of alkyl halides is 2. The summed E-state index contributed by atoms with van der Waals surface area (Å²) in [6.07, 6.45) is 3.02. The van der Waals surface area contributed by atoms with E-state index < -0.39 is 24.7 Å². The van der Waals surface area contributed by atoms with Crippen LogP contribution in [0.1, 0.15) is 13.3 Å². The smallest absolute Gasteiger partial charge is 0.404 e. The summed E-state index contributed by atoms with van der Waals surface area (Å²) in [5.41, 5.74) is 5.52. The molecule has 2 amide bonds. The lowest BCUT2D eigenvalue weighted by atomic mass is 10.2. The number of amides is 2. The van der Waals surface area contributed by atoms with Crippen molar-refractivity contribution in [2.75, 3.05) is 36.0 Å². The average Bonchev–Trinajstić information content (AvgIpc) is 3.09. The minimum absolute atomic E-state index is 0.0372. The van der Waals surface area contributed by atoms with E-state index in [0.717, 1.165) is 6.92 Å². The fourth-order valence-electron chi connectivity index (χ4n) is 3.36. The Kier molecular flexibility index (Phi) is 6.11. The van der Waals surface area contributed by atoms with Crippen LogP contribution in [0.5, 0.6) is 11.6 Å². The maximum atomic E-state index is 12.9. The number of ether oxygens (including phenoxy) is 3. The molecular weight excluding hydrogens is 442 g/mol. The van der Waals surface area contributed by atoms with Gasteiger partial charge in [0, 0.05) is 26.0 Å². The van der Waals surface area contributed by atoms with Gasteiger partial charge in [-0.05, 0) is 6.07 Å². The van der Waals surface area contributed by atoms with Gasteiger partial charge in [-0.1, -0.05) is 0 Å². The van der Waals surface area contributed by atoms with Gasteiger partial charge in [-0.15, -0.1) is 0 Å². The van der Waals surface area contributed by atoms with Crippen LogP contribution in [0.3, 0.4) is 0 Å². The molecule has 176 valence electrons. The second kappa shape index (κ2) is 9.00. The molecule has 0 radical (unpaired) electrons. The lowest BCUT2D eigenvalue weighted by Crippen LogP contribution is -2.54. The number of halogens is 2. The Balaban J connectivity index is 1.29. The maximum Gasteiger partial charge on any atom is 0.404 e. The Morgan fingerprint density at radius 3 is 2.55 bits per heavy atom. The molecule has 2 aromatic rings. The van der Waals surface area contributed by atoms with Gasteiger partial charge in [0.25, 0.3) is 11.8 Å². The first-order valence-electron chi connectivity index (χ1n) is 10.2. The molecular formula is C20H22F2N6O5. The topological polar surface area (TPSA) is 133 Å². The zero-order chi connectivity index (χ0) is 23.6. The molecule has 0 spiro atoms. The highest BCUT2D eigenvalue weighted by atomic mass is 19.3. The summed E-state index contributed by atoms with van der Waals surface area (Å²) in [7, 11) is 0. The van der Waals surface area contributed by atoms with E-state index in [0.29, 0.717) is 43.4 Å². The quantitative estimate of drug-likeness (QED) is 0.615. The average molecular weight is 464 g/mol. The van der Waals surface area contributed by atoms with Crippen molar-refractivity contribution in [3.8, 4) is 11.6 Å². The molecule has 33 heavy (non-hydrogen) atoms. The molecule has 0 saturated carbocycles. The summed E-state index contributed by atoms with van der Waals surface area (Å²) in [5, 5.41) is 0. The minimum Gasteiger partial charge on any atom is -0.479 e. The Morgan fingerprint density at radius 1 is 1.21 bits per heavy atom. The molecule has 11 nitrogen and oxygen atoms in total. The number of pyridine rings is 1. The maximum absolute atomic E-state index is 12.9. The minimum atomic E-state index is -2.96. The highest BCUT2D eigenvalue weighted by molar-refractivity contribution is 5.98. The molecule has 2 saturated heterocycles. The molecule has 2 aromatic heterocycles. The van der Waals surface area contributed by atoms with Crippen LogP contribution >= 0.6 is 0 Å². The predicted molar refractivity (Wildman–Crippen MR) is 110 cm³/mol. The monoisotopic (exact) mass is 464 g/mol. The molecule has 2 aliphatic rings. The molecule has 0 aromatic carbocycles. The van der Waals surface area contributed by atoms with Crippen molar-refractivity contribution in [1.82, 2.24) is 15.0 Å². The lowest BCUT2D eigenvalue weighted by Gasteiger charge is -2.37. The summed E-state index contributed by atoms with van der Waals surface area (Å²) < 4.78 is 41.2. The van der Waals surface area contributed by atoms with Gasteiger partial charge in [0.1, 0.15) is 11.9 Å². The first-order chi connectivity index (χ1) is 15.7. The molecule has 13 heteroatoms. The van der Waals surface area contributed by atoms with Crippen molar-refractivity contribution in [2.24, 2.45) is 5.73 Å². The largest absolute Gasteiger partial charge is 0.479 e. The molecule has 4 heterocycles. The Labute approximate surface area is 187 Å². The summed E-state index contributed by atoms with van der Waals surface area (Å²) in [4.78, 5) is 39.3. The second-order valence-corrected chi connectivity index (χ2v) is 7.78. The van der Waals surface area contributed by atoms with Crippen molar-refractivity contribution in [3.63, 3.8) is 0 Å². The van der Waals surface area contributed by atoms with Crippen molar-refractivity contribution >= 4 is 23.6 Å². The number of anilines is 2. The zero-order valence-electron chi connectivity index (χ0n) is 17.7. The fourth-order valence-corrected chi connectivity index (χ4v) is 3.36. The third-order valence-corrected chi connectivity index (χ3v) is 4.97. The van der Waals surface area contributed by atoms with Gasteiger partial charge in [0.15, 0.2) is 12.7 Å². The lowest BCUT2D eigenvalue weighted by molar-refractivity contribution is -0.122. The molecule has 2 aliphatic heterocycles. The highest BCUT2D eigenvalue weighted by Gasteiger charge is 2.36.